The van der Waals surface area contributed by atoms with Crippen molar-refractivity contribution in [2.24, 2.45) is 0 Å². The van der Waals surface area contributed by atoms with Crippen LogP contribution in [0.15, 0.2) is 133 Å². The van der Waals surface area contributed by atoms with E-state index in [9.17, 15) is 14.4 Å². The van der Waals surface area contributed by atoms with E-state index in [0.29, 0.717) is 22.5 Å². The average Bonchev–Trinajstić information content (AvgIpc) is 3.54. The number of thiophene rings is 1. The highest BCUT2D eigenvalue weighted by Gasteiger charge is 2.17. The van der Waals surface area contributed by atoms with E-state index in [0.717, 1.165) is 26.4 Å². The summed E-state index contributed by atoms with van der Waals surface area (Å²) in [5.41, 5.74) is 4.75. The van der Waals surface area contributed by atoms with Gasteiger partial charge in [-0.2, -0.15) is 0 Å². The molecule has 220 valence electrons. The maximum Gasteiger partial charge on any atom is 0.248 e. The lowest BCUT2D eigenvalue weighted by atomic mass is 10.0. The van der Waals surface area contributed by atoms with Gasteiger partial charge in [0.25, 0.3) is 0 Å². The molecule has 6 aromatic rings. The monoisotopic (exact) mass is 606 g/mol. The number of amides is 2. The minimum atomic E-state index is -0.329. The molecule has 0 atom stereocenters. The van der Waals surface area contributed by atoms with Crippen LogP contribution in [0.2, 0.25) is 0 Å². The van der Waals surface area contributed by atoms with E-state index in [1.807, 2.05) is 55.5 Å². The number of nitrogens with one attached hydrogen (secondary N) is 2. The summed E-state index contributed by atoms with van der Waals surface area (Å²) >= 11 is 1.61. The second-order valence-electron chi connectivity index (χ2n) is 10.7. The fraction of sp³-hybridized carbons (Fsp3) is 0.0513. The van der Waals surface area contributed by atoms with E-state index in [1.165, 1.54) is 16.8 Å². The summed E-state index contributed by atoms with van der Waals surface area (Å²) in [7, 11) is 0. The van der Waals surface area contributed by atoms with Gasteiger partial charge >= 0.3 is 0 Å². The van der Waals surface area contributed by atoms with Gasteiger partial charge in [0.1, 0.15) is 0 Å². The number of hydrogen-bond acceptors (Lipinski definition) is 4. The molecule has 0 aliphatic carbocycles. The lowest BCUT2D eigenvalue weighted by molar-refractivity contribution is -0.115. The molecule has 0 aliphatic heterocycles. The van der Waals surface area contributed by atoms with Crippen molar-refractivity contribution < 1.29 is 14.4 Å². The van der Waals surface area contributed by atoms with Crippen molar-refractivity contribution in [1.82, 2.24) is 0 Å². The van der Waals surface area contributed by atoms with Crippen molar-refractivity contribution in [3.05, 3.63) is 161 Å². The highest BCUT2D eigenvalue weighted by atomic mass is 32.1. The molecule has 0 bridgehead atoms. The summed E-state index contributed by atoms with van der Waals surface area (Å²) in [6.45, 7) is 1.99. The molecule has 5 aromatic carbocycles. The molecule has 0 spiro atoms. The zero-order valence-corrected chi connectivity index (χ0v) is 25.4. The molecule has 6 heteroatoms. The first-order chi connectivity index (χ1) is 21.9. The Balaban J connectivity index is 1.19. The van der Waals surface area contributed by atoms with Crippen LogP contribution in [0.3, 0.4) is 0 Å². The molecule has 0 saturated heterocycles. The van der Waals surface area contributed by atoms with E-state index in [1.54, 1.807) is 59.9 Å². The summed E-state index contributed by atoms with van der Waals surface area (Å²) in [6.07, 6.45) is 3.44. The lowest BCUT2D eigenvalue weighted by Gasteiger charge is -2.13. The van der Waals surface area contributed by atoms with Gasteiger partial charge in [0.15, 0.2) is 5.78 Å². The Morgan fingerprint density at radius 1 is 0.733 bits per heavy atom. The summed E-state index contributed by atoms with van der Waals surface area (Å²) < 4.78 is 0. The molecule has 45 heavy (non-hydrogen) atoms. The first-order valence-electron chi connectivity index (χ1n) is 14.6. The topological polar surface area (TPSA) is 75.3 Å². The third-order valence-electron chi connectivity index (χ3n) is 7.41. The van der Waals surface area contributed by atoms with Gasteiger partial charge in [-0.25, -0.2) is 0 Å². The van der Waals surface area contributed by atoms with Crippen molar-refractivity contribution in [3.8, 4) is 10.4 Å². The normalized spacial score (nSPS) is 11.0. The first kappa shape index (κ1) is 29.5. The maximum absolute atomic E-state index is 13.5. The van der Waals surface area contributed by atoms with Gasteiger partial charge in [-0.15, -0.1) is 11.3 Å². The van der Waals surface area contributed by atoms with Crippen LogP contribution in [-0.4, -0.2) is 17.6 Å². The zero-order chi connectivity index (χ0) is 31.2. The van der Waals surface area contributed by atoms with Gasteiger partial charge in [-0.3, -0.25) is 14.4 Å². The molecule has 0 fully saturated rings. The molecule has 0 saturated carbocycles. The predicted octanol–water partition coefficient (Wildman–Crippen LogP) is 8.94. The van der Waals surface area contributed by atoms with Gasteiger partial charge in [0.2, 0.25) is 11.8 Å². The quantitative estimate of drug-likeness (QED) is 0.127. The highest BCUT2D eigenvalue weighted by Crippen LogP contribution is 2.34. The van der Waals surface area contributed by atoms with E-state index >= 15 is 0 Å². The highest BCUT2D eigenvalue weighted by molar-refractivity contribution is 7.16. The van der Waals surface area contributed by atoms with Crippen LogP contribution >= 0.6 is 11.3 Å². The minimum absolute atomic E-state index is 0.174. The van der Waals surface area contributed by atoms with E-state index in [4.69, 9.17) is 0 Å². The molecule has 6 rings (SSSR count). The average molecular weight is 607 g/mol. The summed E-state index contributed by atoms with van der Waals surface area (Å²) in [5, 5.41) is 8.12. The molecule has 1 aromatic heterocycles. The second-order valence-corrected chi connectivity index (χ2v) is 11.8. The Hall–Kier alpha value is -5.59. The van der Waals surface area contributed by atoms with Crippen LogP contribution in [-0.2, 0) is 16.0 Å². The second kappa shape index (κ2) is 13.4. The Morgan fingerprint density at radius 2 is 1.49 bits per heavy atom. The van der Waals surface area contributed by atoms with Crippen LogP contribution in [0.1, 0.15) is 31.9 Å². The molecule has 0 unspecified atom stereocenters. The Kier molecular flexibility index (Phi) is 8.76. The number of ketones is 1. The number of aryl methyl sites for hydroxylation is 1. The molecule has 2 N–H and O–H groups in total. The van der Waals surface area contributed by atoms with Gasteiger partial charge in [-0.05, 0) is 65.2 Å². The molecule has 5 nitrogen and oxygen atoms in total. The van der Waals surface area contributed by atoms with Crippen LogP contribution in [0.25, 0.3) is 27.3 Å². The van der Waals surface area contributed by atoms with E-state index in [2.05, 4.69) is 47.0 Å². The summed E-state index contributed by atoms with van der Waals surface area (Å²) in [4.78, 5) is 41.4. The number of rotatable bonds is 9. The molecular weight excluding hydrogens is 577 g/mol. The zero-order valence-electron chi connectivity index (χ0n) is 24.6. The fourth-order valence-electron chi connectivity index (χ4n) is 5.12. The Labute approximate surface area is 265 Å². The van der Waals surface area contributed by atoms with Crippen LogP contribution in [0.5, 0.6) is 0 Å². The molecule has 1 heterocycles. The van der Waals surface area contributed by atoms with Crippen molar-refractivity contribution >= 4 is 57.2 Å². The van der Waals surface area contributed by atoms with Crippen LogP contribution in [0, 0.1) is 6.92 Å². The fourth-order valence-corrected chi connectivity index (χ4v) is 6.07. The van der Waals surface area contributed by atoms with Gasteiger partial charge in [-0.1, -0.05) is 103 Å². The van der Waals surface area contributed by atoms with Crippen molar-refractivity contribution in [2.75, 3.05) is 10.6 Å². The van der Waals surface area contributed by atoms with Crippen molar-refractivity contribution in [1.29, 1.82) is 0 Å². The van der Waals surface area contributed by atoms with Crippen LogP contribution in [0.4, 0.5) is 11.4 Å². The predicted molar refractivity (Wildman–Crippen MR) is 185 cm³/mol. The summed E-state index contributed by atoms with van der Waals surface area (Å²) in [5.74, 6) is -0.823. The summed E-state index contributed by atoms with van der Waals surface area (Å²) in [6, 6.07) is 40.1. The molecule has 0 aliphatic rings. The smallest absolute Gasteiger partial charge is 0.248 e. The van der Waals surface area contributed by atoms with Gasteiger partial charge in [0.05, 0.1) is 12.1 Å². The molecule has 2 amide bonds. The Morgan fingerprint density at radius 3 is 2.31 bits per heavy atom. The number of fused-ring (bicyclic) bond motifs is 1. The molecular formula is C39H30N2O3S. The minimum Gasteiger partial charge on any atom is -0.325 e. The van der Waals surface area contributed by atoms with Gasteiger partial charge in [0, 0.05) is 32.6 Å². The van der Waals surface area contributed by atoms with Gasteiger partial charge < -0.3 is 10.6 Å². The third-order valence-corrected chi connectivity index (χ3v) is 8.49. The number of carbonyl (C=O) groups is 3. The standard InChI is InChI=1S/C39H30N2O3S/c1-26-14-16-27(17-15-26)24-38(43)41-35-21-18-30(25-34(35)39(44)29-9-3-2-4-10-29)40-37(42)23-20-31-19-22-36(45-31)33-13-7-11-28-8-5-6-12-32(28)33/h2-23,25H,24H2,1H3,(H,40,42)(H,41,43)/b23-20+. The largest absolute Gasteiger partial charge is 0.325 e. The van der Waals surface area contributed by atoms with E-state index in [-0.39, 0.29) is 24.0 Å². The van der Waals surface area contributed by atoms with Crippen molar-refractivity contribution in [2.45, 2.75) is 13.3 Å². The maximum atomic E-state index is 13.5. The van der Waals surface area contributed by atoms with Crippen LogP contribution < -0.4 is 10.6 Å². The number of anilines is 2. The van der Waals surface area contributed by atoms with E-state index < -0.39 is 0 Å². The SMILES string of the molecule is Cc1ccc(CC(=O)Nc2ccc(NC(=O)/C=C/c3ccc(-c4cccc5ccccc45)s3)cc2C(=O)c2ccccc2)cc1. The Bertz CT molecular complexity index is 2040. The molecule has 0 radical (unpaired) electrons. The number of carbonyl (C=O) groups excluding carboxylic acids is 3. The number of benzene rings is 5. The van der Waals surface area contributed by atoms with Crippen molar-refractivity contribution in [3.63, 3.8) is 0 Å². The lowest BCUT2D eigenvalue weighted by Crippen LogP contribution is -2.18. The first-order valence-corrected chi connectivity index (χ1v) is 15.4. The number of hydrogen-bond donors (Lipinski definition) is 2. The third kappa shape index (κ3) is 7.15.